The third kappa shape index (κ3) is 5.61. The second-order valence-electron chi connectivity index (χ2n) is 2.73. The van der Waals surface area contributed by atoms with Crippen molar-refractivity contribution < 1.29 is 4.84 Å². The van der Waals surface area contributed by atoms with Gasteiger partial charge in [0.2, 0.25) is 0 Å². The third-order valence-electron chi connectivity index (χ3n) is 2.19. The van der Waals surface area contributed by atoms with Crippen molar-refractivity contribution in [2.45, 2.75) is 66.8 Å². The minimum atomic E-state index is 0.704. The van der Waals surface area contributed by atoms with Gasteiger partial charge in [-0.3, -0.25) is 0 Å². The van der Waals surface area contributed by atoms with Crippen LogP contribution in [0.25, 0.3) is 0 Å². The van der Waals surface area contributed by atoms with Crippen molar-refractivity contribution in [1.29, 1.82) is 0 Å². The van der Waals surface area contributed by atoms with Gasteiger partial charge in [0.15, 0.2) is 0 Å². The number of hydroxylamine groups is 1. The number of nitrogens with one attached hydrogen (secondary N) is 1. The first-order valence-electron chi connectivity index (χ1n) is 6.34. The van der Waals surface area contributed by atoms with Gasteiger partial charge in [0.05, 0.1) is 6.61 Å². The van der Waals surface area contributed by atoms with Crippen LogP contribution in [0.1, 0.15) is 60.8 Å². The Bertz CT molecular complexity index is 76.3. The molecule has 1 N–H and O–H groups in total. The summed E-state index contributed by atoms with van der Waals surface area (Å²) < 4.78 is 0. The molecule has 1 saturated heterocycles. The average molecular weight is 203 g/mol. The molecule has 2 unspecified atom stereocenters. The van der Waals surface area contributed by atoms with Gasteiger partial charge in [-0.05, 0) is 12.8 Å². The summed E-state index contributed by atoms with van der Waals surface area (Å²) in [6.45, 7) is 12.9. The van der Waals surface area contributed by atoms with E-state index in [9.17, 15) is 0 Å². The highest BCUT2D eigenvalue weighted by molar-refractivity contribution is 4.83. The van der Waals surface area contributed by atoms with Gasteiger partial charge in [-0.25, -0.2) is 0 Å². The van der Waals surface area contributed by atoms with E-state index in [1.807, 2.05) is 41.5 Å². The van der Waals surface area contributed by atoms with E-state index in [-0.39, 0.29) is 0 Å². The molecular formula is C12H29NO. The van der Waals surface area contributed by atoms with Crippen molar-refractivity contribution in [2.75, 3.05) is 6.61 Å². The fraction of sp³-hybridized carbons (Fsp3) is 1.00. The van der Waals surface area contributed by atoms with Crippen LogP contribution < -0.4 is 5.48 Å². The quantitative estimate of drug-likeness (QED) is 0.647. The van der Waals surface area contributed by atoms with E-state index in [0.29, 0.717) is 6.04 Å². The molecule has 1 heterocycles. The number of hydrogen-bond donors (Lipinski definition) is 1. The lowest BCUT2D eigenvalue weighted by Gasteiger charge is -2.01. The summed E-state index contributed by atoms with van der Waals surface area (Å²) in [5.41, 5.74) is 3.02. The van der Waals surface area contributed by atoms with E-state index < -0.39 is 0 Å². The van der Waals surface area contributed by atoms with E-state index in [4.69, 9.17) is 4.84 Å². The van der Waals surface area contributed by atoms with Crippen LogP contribution in [0, 0.1) is 5.92 Å². The predicted octanol–water partition coefficient (Wildman–Crippen LogP) is 3.77. The van der Waals surface area contributed by atoms with Crippen LogP contribution in [0.3, 0.4) is 0 Å². The Labute approximate surface area is 90.4 Å². The van der Waals surface area contributed by atoms with Crippen molar-refractivity contribution in [2.24, 2.45) is 5.92 Å². The lowest BCUT2D eigenvalue weighted by atomic mass is 10.1. The molecule has 1 saturated carbocycles. The Morgan fingerprint density at radius 1 is 0.929 bits per heavy atom. The van der Waals surface area contributed by atoms with Gasteiger partial charge in [-0.15, -0.1) is 0 Å². The zero-order valence-corrected chi connectivity index (χ0v) is 10.9. The molecule has 2 aliphatic rings. The lowest BCUT2D eigenvalue weighted by molar-refractivity contribution is 0.0813. The minimum Gasteiger partial charge on any atom is -0.301 e. The van der Waals surface area contributed by atoms with Gasteiger partial charge in [0.25, 0.3) is 0 Å². The van der Waals surface area contributed by atoms with E-state index in [1.54, 1.807) is 0 Å². The maximum Gasteiger partial charge on any atom is 0.0726 e. The first-order chi connectivity index (χ1) is 6.97. The average Bonchev–Trinajstić information content (AvgIpc) is 2.89. The predicted molar refractivity (Wildman–Crippen MR) is 64.3 cm³/mol. The molecule has 0 amide bonds. The highest BCUT2D eigenvalue weighted by Gasteiger charge is 2.31. The molecule has 14 heavy (non-hydrogen) atoms. The third-order valence-corrected chi connectivity index (χ3v) is 2.19. The zero-order valence-electron chi connectivity index (χ0n) is 10.9. The van der Waals surface area contributed by atoms with Gasteiger partial charge in [-0.2, -0.15) is 5.48 Å². The maximum absolute atomic E-state index is 5.06. The summed E-state index contributed by atoms with van der Waals surface area (Å²) in [5.74, 6) is 0.843. The molecule has 0 aromatic heterocycles. The topological polar surface area (TPSA) is 21.3 Å². The van der Waals surface area contributed by atoms with Crippen LogP contribution in [-0.4, -0.2) is 12.6 Å². The Kier molecular flexibility index (Phi) is 15.1. The van der Waals surface area contributed by atoms with Crippen LogP contribution in [0.5, 0.6) is 0 Å². The molecule has 2 fully saturated rings. The normalized spacial score (nSPS) is 27.0. The molecule has 2 rings (SSSR count). The fourth-order valence-electron chi connectivity index (χ4n) is 1.65. The van der Waals surface area contributed by atoms with Crippen LogP contribution in [0.15, 0.2) is 0 Å². The van der Waals surface area contributed by atoms with Crippen LogP contribution >= 0.6 is 0 Å². The first kappa shape index (κ1) is 16.4. The van der Waals surface area contributed by atoms with E-state index in [1.165, 1.54) is 19.3 Å². The first-order valence-corrected chi connectivity index (χ1v) is 6.34. The molecule has 2 nitrogen and oxygen atoms in total. The van der Waals surface area contributed by atoms with Crippen molar-refractivity contribution in [3.05, 3.63) is 0 Å². The van der Waals surface area contributed by atoms with Crippen LogP contribution in [0.4, 0.5) is 0 Å². The molecule has 1 aliphatic carbocycles. The highest BCUT2D eigenvalue weighted by Crippen LogP contribution is 2.28. The van der Waals surface area contributed by atoms with Gasteiger partial charge < -0.3 is 4.84 Å². The van der Waals surface area contributed by atoms with Gasteiger partial charge in [0.1, 0.15) is 0 Å². The summed E-state index contributed by atoms with van der Waals surface area (Å²) in [4.78, 5) is 5.06. The second kappa shape index (κ2) is 12.9. The SMILES string of the molecule is C1CC2CONC2C1.CC.CC.CC. The second-order valence-corrected chi connectivity index (χ2v) is 2.73. The number of hydrogen-bond acceptors (Lipinski definition) is 2. The Balaban J connectivity index is 0. The molecule has 0 aromatic rings. The van der Waals surface area contributed by atoms with Gasteiger partial charge in [-0.1, -0.05) is 48.0 Å². The zero-order chi connectivity index (χ0) is 11.4. The monoisotopic (exact) mass is 203 g/mol. The van der Waals surface area contributed by atoms with Crippen molar-refractivity contribution in [3.8, 4) is 0 Å². The summed E-state index contributed by atoms with van der Waals surface area (Å²) in [6, 6.07) is 0.704. The van der Waals surface area contributed by atoms with Crippen molar-refractivity contribution in [3.63, 3.8) is 0 Å². The van der Waals surface area contributed by atoms with Gasteiger partial charge in [0, 0.05) is 12.0 Å². The Hall–Kier alpha value is -0.0800. The van der Waals surface area contributed by atoms with Gasteiger partial charge >= 0.3 is 0 Å². The smallest absolute Gasteiger partial charge is 0.0726 e. The number of fused-ring (bicyclic) bond motifs is 1. The van der Waals surface area contributed by atoms with E-state index >= 15 is 0 Å². The standard InChI is InChI=1S/C6H11NO.3C2H6/c1-2-5-4-8-7-6(5)3-1;3*1-2/h5-7H,1-4H2;3*1-2H3. The molecule has 2 heteroatoms. The summed E-state index contributed by atoms with van der Waals surface area (Å²) >= 11 is 0. The molecule has 88 valence electrons. The Morgan fingerprint density at radius 2 is 1.50 bits per heavy atom. The maximum atomic E-state index is 5.06. The summed E-state index contributed by atoms with van der Waals surface area (Å²) in [7, 11) is 0. The molecule has 0 aromatic carbocycles. The molecule has 0 spiro atoms. The van der Waals surface area contributed by atoms with Crippen molar-refractivity contribution >= 4 is 0 Å². The summed E-state index contributed by atoms with van der Waals surface area (Å²) in [6.07, 6.45) is 4.09. The lowest BCUT2D eigenvalue weighted by Crippen LogP contribution is -2.20. The number of rotatable bonds is 0. The van der Waals surface area contributed by atoms with Crippen LogP contribution in [0.2, 0.25) is 0 Å². The minimum absolute atomic E-state index is 0.704. The molecule has 1 aliphatic heterocycles. The fourth-order valence-corrected chi connectivity index (χ4v) is 1.65. The molecule has 2 atom stereocenters. The van der Waals surface area contributed by atoms with E-state index in [2.05, 4.69) is 5.48 Å². The molecule has 0 radical (unpaired) electrons. The Morgan fingerprint density at radius 3 is 2.00 bits per heavy atom. The van der Waals surface area contributed by atoms with E-state index in [0.717, 1.165) is 12.5 Å². The van der Waals surface area contributed by atoms with Crippen LogP contribution in [-0.2, 0) is 4.84 Å². The van der Waals surface area contributed by atoms with Crippen molar-refractivity contribution in [1.82, 2.24) is 5.48 Å². The largest absolute Gasteiger partial charge is 0.301 e. The highest BCUT2D eigenvalue weighted by atomic mass is 16.7. The summed E-state index contributed by atoms with van der Waals surface area (Å²) in [5, 5.41) is 0. The molecule has 0 bridgehead atoms. The molecular weight excluding hydrogens is 174 g/mol.